The number of thiazole rings is 1. The lowest BCUT2D eigenvalue weighted by Gasteiger charge is -2.31. The van der Waals surface area contributed by atoms with E-state index in [2.05, 4.69) is 11.0 Å². The van der Waals surface area contributed by atoms with Gasteiger partial charge in [-0.3, -0.25) is 15.0 Å². The monoisotopic (exact) mass is 404 g/mol. The smallest absolute Gasteiger partial charge is 0.278 e. The van der Waals surface area contributed by atoms with Crippen molar-refractivity contribution in [2.24, 2.45) is 0 Å². The molecule has 1 aromatic heterocycles. The first kappa shape index (κ1) is 19.2. The molecule has 2 aromatic carbocycles. The minimum atomic E-state index is -0.355. The zero-order valence-corrected chi connectivity index (χ0v) is 16.6. The summed E-state index contributed by atoms with van der Waals surface area (Å²) in [7, 11) is 0. The van der Waals surface area contributed by atoms with Crippen LogP contribution in [-0.2, 0) is 6.54 Å². The van der Waals surface area contributed by atoms with Crippen LogP contribution < -0.4 is 0 Å². The summed E-state index contributed by atoms with van der Waals surface area (Å²) >= 11 is 1.59. The average molecular weight is 404 g/mol. The number of hydrogen-bond donors (Lipinski definition) is 0. The number of nitro groups is 1. The molecule has 0 radical (unpaired) electrons. The van der Waals surface area contributed by atoms with Crippen molar-refractivity contribution in [2.75, 3.05) is 13.1 Å². The number of piperidine rings is 1. The Hall–Kier alpha value is -3.08. The van der Waals surface area contributed by atoms with E-state index in [1.165, 1.54) is 6.07 Å². The van der Waals surface area contributed by atoms with Gasteiger partial charge in [-0.25, -0.2) is 4.98 Å². The van der Waals surface area contributed by atoms with Gasteiger partial charge in [0.25, 0.3) is 5.69 Å². The van der Waals surface area contributed by atoms with E-state index in [4.69, 9.17) is 4.98 Å². The molecular weight excluding hydrogens is 384 g/mol. The van der Waals surface area contributed by atoms with E-state index in [1.807, 2.05) is 29.6 Å². The van der Waals surface area contributed by atoms with Gasteiger partial charge < -0.3 is 0 Å². The molecule has 1 aliphatic heterocycles. The number of nitriles is 1. The van der Waals surface area contributed by atoms with Crippen LogP contribution in [0.2, 0.25) is 0 Å². The van der Waals surface area contributed by atoms with Crippen molar-refractivity contribution in [2.45, 2.75) is 25.3 Å². The molecule has 0 amide bonds. The zero-order valence-electron chi connectivity index (χ0n) is 15.8. The van der Waals surface area contributed by atoms with Crippen LogP contribution in [-0.4, -0.2) is 27.9 Å². The average Bonchev–Trinajstić information content (AvgIpc) is 3.25. The highest BCUT2D eigenvalue weighted by molar-refractivity contribution is 7.10. The van der Waals surface area contributed by atoms with Crippen molar-refractivity contribution >= 4 is 17.0 Å². The van der Waals surface area contributed by atoms with Gasteiger partial charge in [0.2, 0.25) is 0 Å². The predicted molar refractivity (Wildman–Crippen MR) is 113 cm³/mol. The molecule has 6 nitrogen and oxygen atoms in total. The molecule has 2 heterocycles. The van der Waals surface area contributed by atoms with Crippen molar-refractivity contribution < 1.29 is 4.92 Å². The van der Waals surface area contributed by atoms with Crippen molar-refractivity contribution in [1.29, 1.82) is 5.26 Å². The second-order valence-electron chi connectivity index (χ2n) is 7.16. The predicted octanol–water partition coefficient (Wildman–Crippen LogP) is 4.97. The van der Waals surface area contributed by atoms with Crippen LogP contribution in [0, 0.1) is 21.4 Å². The molecule has 0 spiro atoms. The van der Waals surface area contributed by atoms with Crippen molar-refractivity contribution in [3.05, 3.63) is 80.2 Å². The Morgan fingerprint density at radius 2 is 1.90 bits per heavy atom. The quantitative estimate of drug-likeness (QED) is 0.443. The fourth-order valence-electron chi connectivity index (χ4n) is 3.79. The first-order chi connectivity index (χ1) is 14.2. The maximum absolute atomic E-state index is 11.3. The van der Waals surface area contributed by atoms with Crippen LogP contribution in [0.4, 0.5) is 5.69 Å². The molecule has 7 heteroatoms. The molecule has 146 valence electrons. The van der Waals surface area contributed by atoms with Crippen LogP contribution in [0.25, 0.3) is 11.3 Å². The van der Waals surface area contributed by atoms with Crippen LogP contribution in [0.1, 0.15) is 34.9 Å². The van der Waals surface area contributed by atoms with E-state index in [1.54, 1.807) is 29.5 Å². The molecular formula is C22H20N4O2S. The molecule has 0 bridgehead atoms. The Morgan fingerprint density at radius 3 is 2.66 bits per heavy atom. The molecule has 0 saturated carbocycles. The number of nitrogens with zero attached hydrogens (tertiary/aromatic N) is 4. The highest BCUT2D eigenvalue weighted by Crippen LogP contribution is 2.35. The molecule has 1 saturated heterocycles. The van der Waals surface area contributed by atoms with Crippen LogP contribution in [0.5, 0.6) is 0 Å². The summed E-state index contributed by atoms with van der Waals surface area (Å²) in [5.41, 5.74) is 3.16. The number of nitro benzene ring substituents is 1. The van der Waals surface area contributed by atoms with Crippen molar-refractivity contribution in [3.63, 3.8) is 0 Å². The lowest BCUT2D eigenvalue weighted by atomic mass is 9.96. The van der Waals surface area contributed by atoms with Gasteiger partial charge in [-0.1, -0.05) is 30.3 Å². The van der Waals surface area contributed by atoms with E-state index >= 15 is 0 Å². The van der Waals surface area contributed by atoms with E-state index in [9.17, 15) is 15.4 Å². The molecule has 0 atom stereocenters. The number of para-hydroxylation sites is 1. The molecule has 1 aliphatic rings. The van der Waals surface area contributed by atoms with Crippen LogP contribution in [0.15, 0.2) is 53.9 Å². The fourth-order valence-corrected chi connectivity index (χ4v) is 4.79. The SMILES string of the molecule is N#Cc1ccccc1CN1CCC(c2nc(-c3ccccc3[N+](=O)[O-])cs2)CC1. The third kappa shape index (κ3) is 4.19. The van der Waals surface area contributed by atoms with E-state index in [-0.39, 0.29) is 10.6 Å². The van der Waals surface area contributed by atoms with Gasteiger partial charge in [-0.15, -0.1) is 11.3 Å². The summed E-state index contributed by atoms with van der Waals surface area (Å²) in [6.07, 6.45) is 2.00. The lowest BCUT2D eigenvalue weighted by molar-refractivity contribution is -0.384. The molecule has 1 fully saturated rings. The maximum atomic E-state index is 11.3. The largest absolute Gasteiger partial charge is 0.299 e. The van der Waals surface area contributed by atoms with Gasteiger partial charge in [0.15, 0.2) is 0 Å². The lowest BCUT2D eigenvalue weighted by Crippen LogP contribution is -2.32. The molecule has 29 heavy (non-hydrogen) atoms. The summed E-state index contributed by atoms with van der Waals surface area (Å²) in [6, 6.07) is 16.8. The second-order valence-corrected chi connectivity index (χ2v) is 8.05. The topological polar surface area (TPSA) is 83.1 Å². The Balaban J connectivity index is 1.43. The summed E-state index contributed by atoms with van der Waals surface area (Å²) < 4.78 is 0. The summed E-state index contributed by atoms with van der Waals surface area (Å²) in [6.45, 7) is 2.69. The number of rotatable bonds is 5. The maximum Gasteiger partial charge on any atom is 0.278 e. The molecule has 0 aliphatic carbocycles. The van der Waals surface area contributed by atoms with Gasteiger partial charge in [0.05, 0.1) is 32.8 Å². The second kappa shape index (κ2) is 8.52. The van der Waals surface area contributed by atoms with Crippen LogP contribution in [0.3, 0.4) is 0 Å². The highest BCUT2D eigenvalue weighted by atomic mass is 32.1. The molecule has 0 N–H and O–H groups in total. The fraction of sp³-hybridized carbons (Fsp3) is 0.273. The standard InChI is InChI=1S/C22H20N4O2S/c23-13-17-5-1-2-6-18(17)14-25-11-9-16(10-12-25)22-24-20(15-29-22)19-7-3-4-8-21(19)26(27)28/h1-8,15-16H,9-12,14H2. The highest BCUT2D eigenvalue weighted by Gasteiger charge is 2.25. The summed E-state index contributed by atoms with van der Waals surface area (Å²) in [5, 5.41) is 23.5. The van der Waals surface area contributed by atoms with Gasteiger partial charge >= 0.3 is 0 Å². The van der Waals surface area contributed by atoms with Crippen molar-refractivity contribution in [3.8, 4) is 17.3 Å². The first-order valence-corrected chi connectivity index (χ1v) is 10.4. The van der Waals surface area contributed by atoms with Gasteiger partial charge in [0, 0.05) is 23.9 Å². The summed E-state index contributed by atoms with van der Waals surface area (Å²) in [4.78, 5) is 18.1. The molecule has 0 unspecified atom stereocenters. The molecule has 3 aromatic rings. The first-order valence-electron chi connectivity index (χ1n) is 9.55. The van der Waals surface area contributed by atoms with Crippen molar-refractivity contribution in [1.82, 2.24) is 9.88 Å². The van der Waals surface area contributed by atoms with E-state index in [0.717, 1.165) is 48.6 Å². The Labute approximate surface area is 173 Å². The third-order valence-electron chi connectivity index (χ3n) is 5.37. The van der Waals surface area contributed by atoms with Gasteiger partial charge in [-0.05, 0) is 43.6 Å². The van der Waals surface area contributed by atoms with Gasteiger partial charge in [0.1, 0.15) is 0 Å². The Kier molecular flexibility index (Phi) is 5.65. The summed E-state index contributed by atoms with van der Waals surface area (Å²) in [5.74, 6) is 0.374. The van der Waals surface area contributed by atoms with Gasteiger partial charge in [-0.2, -0.15) is 5.26 Å². The number of aromatic nitrogens is 1. The third-order valence-corrected chi connectivity index (χ3v) is 6.37. The minimum absolute atomic E-state index is 0.0929. The Bertz CT molecular complexity index is 1060. The van der Waals surface area contributed by atoms with E-state index in [0.29, 0.717) is 17.2 Å². The Morgan fingerprint density at radius 1 is 1.17 bits per heavy atom. The number of hydrogen-bond acceptors (Lipinski definition) is 6. The minimum Gasteiger partial charge on any atom is -0.299 e. The zero-order chi connectivity index (χ0) is 20.2. The molecule has 4 rings (SSSR count). The van der Waals surface area contributed by atoms with E-state index < -0.39 is 0 Å². The number of likely N-dealkylation sites (tertiary alicyclic amines) is 1. The normalized spacial score (nSPS) is 15.1. The number of benzene rings is 2. The van der Waals surface area contributed by atoms with Crippen LogP contribution >= 0.6 is 11.3 Å².